The highest BCUT2D eigenvalue weighted by molar-refractivity contribution is 9.10. The van der Waals surface area contributed by atoms with Crippen molar-refractivity contribution in [1.82, 2.24) is 15.0 Å². The molecular weight excluding hydrogens is 485 g/mol. The monoisotopic (exact) mass is 508 g/mol. The number of nitrogens with zero attached hydrogens (tertiary/aromatic N) is 3. The second-order valence-electron chi connectivity index (χ2n) is 8.57. The van der Waals surface area contributed by atoms with Crippen molar-refractivity contribution in [2.24, 2.45) is 5.92 Å². The summed E-state index contributed by atoms with van der Waals surface area (Å²) in [7, 11) is 0. The van der Waals surface area contributed by atoms with E-state index in [1.165, 1.54) is 12.1 Å². The van der Waals surface area contributed by atoms with Gasteiger partial charge in [-0.05, 0) is 67.6 Å². The van der Waals surface area contributed by atoms with Crippen molar-refractivity contribution < 1.29 is 18.3 Å². The van der Waals surface area contributed by atoms with E-state index >= 15 is 13.2 Å². The number of rotatable bonds is 6. The SMILES string of the molecule is Cc1nc(N[C@H](C)c2cccc(C(F)(F)[C@](C)(O)C3CCC3)c2F)c2cc(Br)ncc2n1. The van der Waals surface area contributed by atoms with Crippen LogP contribution >= 0.6 is 15.9 Å². The van der Waals surface area contributed by atoms with Gasteiger partial charge in [-0.25, -0.2) is 19.3 Å². The summed E-state index contributed by atoms with van der Waals surface area (Å²) in [5.41, 5.74) is -2.45. The fraction of sp³-hybridized carbons (Fsp3) is 0.435. The lowest BCUT2D eigenvalue weighted by Crippen LogP contribution is -2.52. The lowest BCUT2D eigenvalue weighted by atomic mass is 9.69. The van der Waals surface area contributed by atoms with E-state index in [9.17, 15) is 5.11 Å². The minimum Gasteiger partial charge on any atom is -0.383 e. The first-order chi connectivity index (χ1) is 15.0. The lowest BCUT2D eigenvalue weighted by Gasteiger charge is -2.43. The number of halogens is 4. The molecule has 2 atom stereocenters. The number of aryl methyl sites for hydroxylation is 1. The minimum absolute atomic E-state index is 0.0594. The second kappa shape index (κ2) is 8.26. The van der Waals surface area contributed by atoms with Crippen molar-refractivity contribution in [3.63, 3.8) is 0 Å². The first kappa shape index (κ1) is 22.9. The van der Waals surface area contributed by atoms with Crippen LogP contribution in [0.5, 0.6) is 0 Å². The van der Waals surface area contributed by atoms with Crippen molar-refractivity contribution in [1.29, 1.82) is 0 Å². The van der Waals surface area contributed by atoms with E-state index < -0.39 is 34.9 Å². The normalized spacial score (nSPS) is 17.6. The van der Waals surface area contributed by atoms with Gasteiger partial charge in [0.15, 0.2) is 0 Å². The average Bonchev–Trinajstić information content (AvgIpc) is 2.66. The third-order valence-electron chi connectivity index (χ3n) is 6.38. The number of aromatic nitrogens is 3. The quantitative estimate of drug-likeness (QED) is 0.396. The van der Waals surface area contributed by atoms with Gasteiger partial charge in [0.1, 0.15) is 27.7 Å². The zero-order valence-electron chi connectivity index (χ0n) is 18.0. The summed E-state index contributed by atoms with van der Waals surface area (Å²) in [4.78, 5) is 12.9. The van der Waals surface area contributed by atoms with Crippen LogP contribution in [-0.4, -0.2) is 25.7 Å². The Morgan fingerprint density at radius 3 is 2.62 bits per heavy atom. The molecule has 170 valence electrons. The Hall–Kier alpha value is -2.26. The van der Waals surface area contributed by atoms with Gasteiger partial charge in [0.05, 0.1) is 23.3 Å². The third-order valence-corrected chi connectivity index (χ3v) is 6.82. The number of pyridine rings is 1. The number of hydrogen-bond donors (Lipinski definition) is 2. The molecule has 3 aromatic rings. The summed E-state index contributed by atoms with van der Waals surface area (Å²) in [5, 5.41) is 14.4. The van der Waals surface area contributed by atoms with Crippen LogP contribution in [0.2, 0.25) is 0 Å². The molecule has 0 aliphatic heterocycles. The topological polar surface area (TPSA) is 70.9 Å². The smallest absolute Gasteiger partial charge is 0.304 e. The fourth-order valence-corrected chi connectivity index (χ4v) is 4.47. The molecule has 32 heavy (non-hydrogen) atoms. The first-order valence-electron chi connectivity index (χ1n) is 10.5. The van der Waals surface area contributed by atoms with E-state index in [-0.39, 0.29) is 5.56 Å². The third kappa shape index (κ3) is 3.85. The number of benzene rings is 1. The number of hydrogen-bond acceptors (Lipinski definition) is 5. The molecule has 2 heterocycles. The molecule has 0 spiro atoms. The van der Waals surface area contributed by atoms with Crippen LogP contribution in [0.25, 0.3) is 10.9 Å². The van der Waals surface area contributed by atoms with Crippen molar-refractivity contribution in [3.05, 3.63) is 57.8 Å². The van der Waals surface area contributed by atoms with Crippen molar-refractivity contribution in [3.8, 4) is 0 Å². The molecule has 0 amide bonds. The number of fused-ring (bicyclic) bond motifs is 1. The van der Waals surface area contributed by atoms with Crippen LogP contribution in [0.4, 0.5) is 19.0 Å². The Kier molecular flexibility index (Phi) is 5.92. The summed E-state index contributed by atoms with van der Waals surface area (Å²) < 4.78 is 46.6. The molecule has 9 heteroatoms. The second-order valence-corrected chi connectivity index (χ2v) is 9.38. The molecule has 0 saturated heterocycles. The predicted octanol–water partition coefficient (Wildman–Crippen LogP) is 6.05. The van der Waals surface area contributed by atoms with Gasteiger partial charge < -0.3 is 10.4 Å². The molecule has 1 aromatic carbocycles. The maximum Gasteiger partial charge on any atom is 0.304 e. The molecule has 1 saturated carbocycles. The molecule has 1 aliphatic rings. The van der Waals surface area contributed by atoms with Gasteiger partial charge >= 0.3 is 5.92 Å². The van der Waals surface area contributed by atoms with E-state index in [1.807, 2.05) is 0 Å². The number of nitrogens with one attached hydrogen (secondary N) is 1. The molecule has 5 nitrogen and oxygen atoms in total. The van der Waals surface area contributed by atoms with E-state index in [1.54, 1.807) is 26.1 Å². The standard InChI is InChI=1S/C23H24BrF3N4O/c1-12(29-21-16-10-19(24)28-11-18(16)30-13(2)31-21)15-8-5-9-17(20(15)25)23(26,27)22(3,32)14-6-4-7-14/h5,8-12,14,32H,4,6-7H2,1-3H3,(H,29,30,31)/t12-,22-/m1/s1. The highest BCUT2D eigenvalue weighted by Gasteiger charge is 2.57. The van der Waals surface area contributed by atoms with Crippen LogP contribution in [0, 0.1) is 18.7 Å². The minimum atomic E-state index is -3.73. The Labute approximate surface area is 192 Å². The Balaban J connectivity index is 1.70. The van der Waals surface area contributed by atoms with Gasteiger partial charge in [-0.15, -0.1) is 0 Å². The Morgan fingerprint density at radius 1 is 1.25 bits per heavy atom. The predicted molar refractivity (Wildman–Crippen MR) is 120 cm³/mol. The summed E-state index contributed by atoms with van der Waals surface area (Å²) in [5.74, 6) is -4.38. The largest absolute Gasteiger partial charge is 0.383 e. The maximum atomic E-state index is 15.4. The Bertz CT molecular complexity index is 1170. The molecular formula is C23H24BrF3N4O. The van der Waals surface area contributed by atoms with Gasteiger partial charge in [-0.3, -0.25) is 0 Å². The highest BCUT2D eigenvalue weighted by atomic mass is 79.9. The maximum absolute atomic E-state index is 15.4. The van der Waals surface area contributed by atoms with E-state index in [0.717, 1.165) is 19.4 Å². The van der Waals surface area contributed by atoms with Crippen LogP contribution in [0.3, 0.4) is 0 Å². The average molecular weight is 509 g/mol. The van der Waals surface area contributed by atoms with Crippen LogP contribution in [-0.2, 0) is 5.92 Å². The molecule has 4 rings (SSSR count). The molecule has 2 N–H and O–H groups in total. The highest BCUT2D eigenvalue weighted by Crippen LogP contribution is 2.50. The Morgan fingerprint density at radius 2 is 1.97 bits per heavy atom. The summed E-state index contributed by atoms with van der Waals surface area (Å²) in [6.07, 6.45) is 3.39. The lowest BCUT2D eigenvalue weighted by molar-refractivity contribution is -0.218. The van der Waals surface area contributed by atoms with Crippen LogP contribution in [0.15, 0.2) is 35.1 Å². The van der Waals surface area contributed by atoms with Crippen molar-refractivity contribution in [2.45, 2.75) is 57.6 Å². The first-order valence-corrected chi connectivity index (χ1v) is 11.3. The summed E-state index contributed by atoms with van der Waals surface area (Å²) in [6.45, 7) is 4.50. The summed E-state index contributed by atoms with van der Waals surface area (Å²) in [6, 6.07) is 4.95. The summed E-state index contributed by atoms with van der Waals surface area (Å²) >= 11 is 3.32. The fourth-order valence-electron chi connectivity index (χ4n) is 4.14. The zero-order valence-corrected chi connectivity index (χ0v) is 19.5. The zero-order chi connectivity index (χ0) is 23.3. The van der Waals surface area contributed by atoms with Crippen molar-refractivity contribution >= 4 is 32.7 Å². The molecule has 1 aliphatic carbocycles. The number of alkyl halides is 2. The molecule has 2 aromatic heterocycles. The van der Waals surface area contributed by atoms with Crippen LogP contribution < -0.4 is 5.32 Å². The van der Waals surface area contributed by atoms with Gasteiger partial charge in [-0.1, -0.05) is 18.6 Å². The van der Waals surface area contributed by atoms with Gasteiger partial charge in [0, 0.05) is 10.9 Å². The van der Waals surface area contributed by atoms with Gasteiger partial charge in [0.2, 0.25) is 0 Å². The number of aliphatic hydroxyl groups is 1. The van der Waals surface area contributed by atoms with Gasteiger partial charge in [0.25, 0.3) is 0 Å². The van der Waals surface area contributed by atoms with E-state index in [2.05, 4.69) is 36.2 Å². The molecule has 0 unspecified atom stereocenters. The number of anilines is 1. The molecule has 0 radical (unpaired) electrons. The van der Waals surface area contributed by atoms with Crippen LogP contribution in [0.1, 0.15) is 56.1 Å². The van der Waals surface area contributed by atoms with Gasteiger partial charge in [-0.2, -0.15) is 8.78 Å². The van der Waals surface area contributed by atoms with E-state index in [4.69, 9.17) is 0 Å². The molecule has 1 fully saturated rings. The molecule has 0 bridgehead atoms. The van der Waals surface area contributed by atoms with Crippen molar-refractivity contribution in [2.75, 3.05) is 5.32 Å². The van der Waals surface area contributed by atoms with E-state index in [0.29, 0.717) is 40.0 Å².